The fraction of sp³-hybridized carbons (Fsp3) is 0.650. The van der Waals surface area contributed by atoms with Crippen LogP contribution in [0.15, 0.2) is 23.1 Å². The van der Waals surface area contributed by atoms with E-state index in [2.05, 4.69) is 5.32 Å². The van der Waals surface area contributed by atoms with E-state index in [-0.39, 0.29) is 35.3 Å². The third kappa shape index (κ3) is 5.48. The van der Waals surface area contributed by atoms with Crippen molar-refractivity contribution in [3.05, 3.63) is 18.2 Å². The minimum absolute atomic E-state index is 0.0776. The van der Waals surface area contributed by atoms with Crippen LogP contribution in [0.4, 0.5) is 5.69 Å². The molecular formula is C20H31N3O5S. The van der Waals surface area contributed by atoms with Crippen LogP contribution in [0, 0.1) is 0 Å². The number of rotatable bonds is 6. The standard InChI is InChI=1S/C20H31N3O5S/c1-15-12-22(13-16(2)28-15)14-20(24)21-17-7-8-18(27-3)19(11-17)29(25,26)23-9-5-4-6-10-23/h7-8,11,15-16H,4-6,9-10,12-14H2,1-3H3,(H,21,24)/t15-,16-/m1/s1. The molecule has 0 radical (unpaired) electrons. The van der Waals surface area contributed by atoms with Gasteiger partial charge in [-0.3, -0.25) is 9.69 Å². The quantitative estimate of drug-likeness (QED) is 0.749. The monoisotopic (exact) mass is 425 g/mol. The van der Waals surface area contributed by atoms with Gasteiger partial charge < -0.3 is 14.8 Å². The Morgan fingerprint density at radius 2 is 1.83 bits per heavy atom. The number of sulfonamides is 1. The fourth-order valence-corrected chi connectivity index (χ4v) is 5.72. The summed E-state index contributed by atoms with van der Waals surface area (Å²) in [6.07, 6.45) is 2.91. The zero-order chi connectivity index (χ0) is 21.0. The smallest absolute Gasteiger partial charge is 0.246 e. The third-order valence-electron chi connectivity index (χ3n) is 5.24. The van der Waals surface area contributed by atoms with Crippen molar-refractivity contribution < 1.29 is 22.7 Å². The molecule has 2 saturated heterocycles. The molecule has 162 valence electrons. The molecule has 2 heterocycles. The second kappa shape index (κ2) is 9.42. The number of anilines is 1. The second-order valence-electron chi connectivity index (χ2n) is 7.83. The number of methoxy groups -OCH3 is 1. The maximum atomic E-state index is 13.1. The lowest BCUT2D eigenvalue weighted by molar-refractivity contribution is -0.121. The number of amides is 1. The predicted molar refractivity (Wildman–Crippen MR) is 111 cm³/mol. The summed E-state index contributed by atoms with van der Waals surface area (Å²) in [7, 11) is -2.23. The van der Waals surface area contributed by atoms with Gasteiger partial charge in [0.05, 0.1) is 25.9 Å². The van der Waals surface area contributed by atoms with Crippen LogP contribution in [-0.4, -0.2) is 75.6 Å². The van der Waals surface area contributed by atoms with E-state index in [1.54, 1.807) is 12.1 Å². The molecule has 0 saturated carbocycles. The van der Waals surface area contributed by atoms with Crippen LogP contribution >= 0.6 is 0 Å². The molecule has 1 amide bonds. The Morgan fingerprint density at radius 1 is 1.17 bits per heavy atom. The molecule has 0 bridgehead atoms. The minimum Gasteiger partial charge on any atom is -0.495 e. The molecule has 1 aromatic carbocycles. The van der Waals surface area contributed by atoms with E-state index in [0.29, 0.717) is 31.9 Å². The topological polar surface area (TPSA) is 88.2 Å². The normalized spacial score (nSPS) is 24.2. The zero-order valence-corrected chi connectivity index (χ0v) is 18.2. The summed E-state index contributed by atoms with van der Waals surface area (Å²) >= 11 is 0. The number of carbonyl (C=O) groups is 1. The highest BCUT2D eigenvalue weighted by molar-refractivity contribution is 7.89. The van der Waals surface area contributed by atoms with Crippen LogP contribution in [0.2, 0.25) is 0 Å². The van der Waals surface area contributed by atoms with Crippen molar-refractivity contribution in [3.63, 3.8) is 0 Å². The van der Waals surface area contributed by atoms with Crippen molar-refractivity contribution >= 4 is 21.6 Å². The molecular weight excluding hydrogens is 394 g/mol. The highest BCUT2D eigenvalue weighted by atomic mass is 32.2. The summed E-state index contributed by atoms with van der Waals surface area (Å²) in [5, 5.41) is 2.83. The first kappa shape index (κ1) is 22.0. The summed E-state index contributed by atoms with van der Waals surface area (Å²) < 4.78 is 38.7. The van der Waals surface area contributed by atoms with Gasteiger partial charge >= 0.3 is 0 Å². The zero-order valence-electron chi connectivity index (χ0n) is 17.4. The molecule has 8 nitrogen and oxygen atoms in total. The number of nitrogens with zero attached hydrogens (tertiary/aromatic N) is 2. The lowest BCUT2D eigenvalue weighted by atomic mass is 10.2. The van der Waals surface area contributed by atoms with Crippen LogP contribution in [0.3, 0.4) is 0 Å². The van der Waals surface area contributed by atoms with Crippen LogP contribution in [0.25, 0.3) is 0 Å². The highest BCUT2D eigenvalue weighted by Gasteiger charge is 2.29. The van der Waals surface area contributed by atoms with E-state index >= 15 is 0 Å². The third-order valence-corrected chi connectivity index (χ3v) is 7.16. The minimum atomic E-state index is -3.67. The van der Waals surface area contributed by atoms with Gasteiger partial charge in [-0.1, -0.05) is 6.42 Å². The SMILES string of the molecule is COc1ccc(NC(=O)CN2C[C@@H](C)O[C@H](C)C2)cc1S(=O)(=O)N1CCCCC1. The number of morpholine rings is 1. The highest BCUT2D eigenvalue weighted by Crippen LogP contribution is 2.31. The lowest BCUT2D eigenvalue weighted by Gasteiger charge is -2.34. The second-order valence-corrected chi connectivity index (χ2v) is 9.74. The van der Waals surface area contributed by atoms with Gasteiger partial charge in [0.25, 0.3) is 0 Å². The maximum absolute atomic E-state index is 13.1. The van der Waals surface area contributed by atoms with Crippen molar-refractivity contribution in [2.24, 2.45) is 0 Å². The number of benzene rings is 1. The Bertz CT molecular complexity index is 813. The average molecular weight is 426 g/mol. The van der Waals surface area contributed by atoms with Gasteiger partial charge in [0.15, 0.2) is 0 Å². The van der Waals surface area contributed by atoms with Crippen molar-refractivity contribution in [2.45, 2.75) is 50.2 Å². The summed E-state index contributed by atoms with van der Waals surface area (Å²) in [5.41, 5.74) is 0.445. The molecule has 2 atom stereocenters. The average Bonchev–Trinajstić information content (AvgIpc) is 2.67. The van der Waals surface area contributed by atoms with E-state index in [9.17, 15) is 13.2 Å². The summed E-state index contributed by atoms with van der Waals surface area (Å²) in [6, 6.07) is 4.74. The van der Waals surface area contributed by atoms with Crippen molar-refractivity contribution in [1.82, 2.24) is 9.21 Å². The van der Waals surface area contributed by atoms with E-state index < -0.39 is 10.0 Å². The van der Waals surface area contributed by atoms with Crippen molar-refractivity contribution in [1.29, 1.82) is 0 Å². The van der Waals surface area contributed by atoms with Gasteiger partial charge in [-0.2, -0.15) is 4.31 Å². The molecule has 2 fully saturated rings. The number of carbonyl (C=O) groups excluding carboxylic acids is 1. The van der Waals surface area contributed by atoms with Gasteiger partial charge in [0.2, 0.25) is 15.9 Å². The molecule has 1 N–H and O–H groups in total. The number of nitrogens with one attached hydrogen (secondary N) is 1. The largest absolute Gasteiger partial charge is 0.495 e. The molecule has 0 aromatic heterocycles. The Morgan fingerprint density at radius 3 is 2.45 bits per heavy atom. The molecule has 0 aliphatic carbocycles. The van der Waals surface area contributed by atoms with Gasteiger partial charge in [-0.05, 0) is 44.9 Å². The molecule has 2 aliphatic rings. The Hall–Kier alpha value is -1.68. The predicted octanol–water partition coefficient (Wildman–Crippen LogP) is 1.92. The van der Waals surface area contributed by atoms with Crippen LogP contribution in [0.5, 0.6) is 5.75 Å². The summed E-state index contributed by atoms with van der Waals surface area (Å²) in [6.45, 7) is 6.61. The first-order valence-electron chi connectivity index (χ1n) is 10.2. The lowest BCUT2D eigenvalue weighted by Crippen LogP contribution is -2.48. The molecule has 2 aliphatic heterocycles. The first-order chi connectivity index (χ1) is 13.8. The Balaban J connectivity index is 1.73. The molecule has 3 rings (SSSR count). The van der Waals surface area contributed by atoms with Gasteiger partial charge in [-0.25, -0.2) is 8.42 Å². The van der Waals surface area contributed by atoms with Crippen LogP contribution < -0.4 is 10.1 Å². The number of piperidine rings is 1. The maximum Gasteiger partial charge on any atom is 0.246 e. The Labute approximate surface area is 173 Å². The van der Waals surface area contributed by atoms with E-state index in [1.807, 2.05) is 18.7 Å². The molecule has 29 heavy (non-hydrogen) atoms. The van der Waals surface area contributed by atoms with Crippen molar-refractivity contribution in [3.8, 4) is 5.75 Å². The molecule has 0 spiro atoms. The number of ether oxygens (including phenoxy) is 2. The van der Waals surface area contributed by atoms with Gasteiger partial charge in [0, 0.05) is 31.9 Å². The fourth-order valence-electron chi connectivity index (χ4n) is 4.02. The van der Waals surface area contributed by atoms with E-state index in [0.717, 1.165) is 19.3 Å². The van der Waals surface area contributed by atoms with Crippen molar-refractivity contribution in [2.75, 3.05) is 45.2 Å². The molecule has 9 heteroatoms. The van der Waals surface area contributed by atoms with Gasteiger partial charge in [0.1, 0.15) is 10.6 Å². The van der Waals surface area contributed by atoms with Gasteiger partial charge in [-0.15, -0.1) is 0 Å². The summed E-state index contributed by atoms with van der Waals surface area (Å²) in [5.74, 6) is 0.0992. The number of hydrogen-bond donors (Lipinski definition) is 1. The van der Waals surface area contributed by atoms with E-state index in [1.165, 1.54) is 17.5 Å². The number of hydrogen-bond acceptors (Lipinski definition) is 6. The molecule has 0 unspecified atom stereocenters. The van der Waals surface area contributed by atoms with Crippen LogP contribution in [0.1, 0.15) is 33.1 Å². The van der Waals surface area contributed by atoms with E-state index in [4.69, 9.17) is 9.47 Å². The summed E-state index contributed by atoms with van der Waals surface area (Å²) in [4.78, 5) is 14.7. The molecule has 1 aromatic rings. The van der Waals surface area contributed by atoms with Crippen LogP contribution in [-0.2, 0) is 19.6 Å². The Kier molecular flexibility index (Phi) is 7.15. The first-order valence-corrected chi connectivity index (χ1v) is 11.6.